The number of aryl methyl sites for hydroxylation is 1. The van der Waals surface area contributed by atoms with Gasteiger partial charge in [0.05, 0.1) is 12.8 Å². The van der Waals surface area contributed by atoms with Gasteiger partial charge in [-0.25, -0.2) is 19.6 Å². The maximum absolute atomic E-state index is 12.7. The van der Waals surface area contributed by atoms with E-state index in [1.54, 1.807) is 22.5 Å². The molecule has 8 nitrogen and oxygen atoms in total. The first-order valence-electron chi connectivity index (χ1n) is 9.15. The van der Waals surface area contributed by atoms with Crippen LogP contribution < -0.4 is 5.32 Å². The van der Waals surface area contributed by atoms with Gasteiger partial charge in [0.25, 0.3) is 0 Å². The van der Waals surface area contributed by atoms with Crippen LogP contribution in [-0.2, 0) is 11.3 Å². The van der Waals surface area contributed by atoms with Crippen LogP contribution in [0.3, 0.4) is 0 Å². The van der Waals surface area contributed by atoms with Crippen molar-refractivity contribution in [2.24, 2.45) is 0 Å². The summed E-state index contributed by atoms with van der Waals surface area (Å²) in [5.41, 5.74) is 2.24. The van der Waals surface area contributed by atoms with E-state index in [0.29, 0.717) is 23.7 Å². The number of pyridine rings is 1. The number of thiophene rings is 1. The molecule has 0 aromatic carbocycles. The minimum Gasteiger partial charge on any atom is -0.465 e. The number of amides is 2. The summed E-state index contributed by atoms with van der Waals surface area (Å²) in [6.45, 7) is 4.06. The Kier molecular flexibility index (Phi) is 4.99. The van der Waals surface area contributed by atoms with Crippen molar-refractivity contribution in [2.75, 3.05) is 25.5 Å². The average Bonchev–Trinajstić information content (AvgIpc) is 3.44. The number of rotatable bonds is 4. The Bertz CT molecular complexity index is 1030. The van der Waals surface area contributed by atoms with Crippen molar-refractivity contribution in [3.05, 3.63) is 40.5 Å². The number of nitrogens with one attached hydrogen (secondary N) is 1. The number of methoxy groups -OCH3 is 1. The smallest absolute Gasteiger partial charge is 0.350 e. The molecule has 4 heterocycles. The molecule has 146 valence electrons. The van der Waals surface area contributed by atoms with Crippen LogP contribution in [0.4, 0.5) is 10.5 Å². The van der Waals surface area contributed by atoms with Gasteiger partial charge >= 0.3 is 12.0 Å². The number of carbonyl (C=O) groups is 2. The number of fused-ring (bicyclic) bond motifs is 1. The minimum absolute atomic E-state index is 0.155. The molecule has 0 aliphatic carbocycles. The number of carbonyl (C=O) groups excluding carboxylic acids is 2. The summed E-state index contributed by atoms with van der Waals surface area (Å²) in [5, 5.41) is 4.59. The maximum Gasteiger partial charge on any atom is 0.350 e. The number of likely N-dealkylation sites (tertiary alicyclic amines) is 1. The largest absolute Gasteiger partial charge is 0.465 e. The highest BCUT2D eigenvalue weighted by molar-refractivity contribution is 7.12. The molecule has 0 bridgehead atoms. The molecule has 1 aliphatic heterocycles. The molecule has 9 heteroatoms. The first kappa shape index (κ1) is 18.4. The van der Waals surface area contributed by atoms with Crippen LogP contribution in [0, 0.1) is 0 Å². The van der Waals surface area contributed by atoms with E-state index in [4.69, 9.17) is 9.72 Å². The summed E-state index contributed by atoms with van der Waals surface area (Å²) in [4.78, 5) is 35.9. The van der Waals surface area contributed by atoms with Crippen molar-refractivity contribution in [1.29, 1.82) is 0 Å². The molecule has 0 spiro atoms. The monoisotopic (exact) mass is 399 g/mol. The molecule has 2 amide bonds. The maximum atomic E-state index is 12.7. The fraction of sp³-hybridized carbons (Fsp3) is 0.368. The Morgan fingerprint density at radius 2 is 2.25 bits per heavy atom. The Labute approximate surface area is 166 Å². The molecule has 3 aromatic rings. The molecule has 1 N–H and O–H groups in total. The van der Waals surface area contributed by atoms with E-state index in [-0.39, 0.29) is 11.9 Å². The van der Waals surface area contributed by atoms with Crippen molar-refractivity contribution < 1.29 is 14.3 Å². The second kappa shape index (κ2) is 7.59. The molecular weight excluding hydrogens is 378 g/mol. The molecule has 4 rings (SSSR count). The van der Waals surface area contributed by atoms with Crippen LogP contribution in [0.25, 0.3) is 11.2 Å². The van der Waals surface area contributed by atoms with E-state index < -0.39 is 5.97 Å². The van der Waals surface area contributed by atoms with E-state index in [1.165, 1.54) is 18.4 Å². The van der Waals surface area contributed by atoms with E-state index in [9.17, 15) is 9.59 Å². The van der Waals surface area contributed by atoms with Gasteiger partial charge in [0, 0.05) is 31.7 Å². The first-order valence-corrected chi connectivity index (χ1v) is 10.0. The van der Waals surface area contributed by atoms with E-state index in [1.807, 2.05) is 12.1 Å². The van der Waals surface area contributed by atoms with Gasteiger partial charge in [-0.2, -0.15) is 0 Å². The number of esters is 1. The highest BCUT2D eigenvalue weighted by Gasteiger charge is 2.31. The topological polar surface area (TPSA) is 89.4 Å². The SMILES string of the molecule is CCn1c([C@@H]2CCN(C(=O)Nc3ccsc3C(=O)OC)C2)nc2cccnc21. The van der Waals surface area contributed by atoms with Gasteiger partial charge in [0.2, 0.25) is 0 Å². The molecule has 1 fully saturated rings. The number of hydrogen-bond acceptors (Lipinski definition) is 6. The molecule has 3 aromatic heterocycles. The number of ether oxygens (including phenoxy) is 1. The van der Waals surface area contributed by atoms with Gasteiger partial charge in [0.15, 0.2) is 5.65 Å². The van der Waals surface area contributed by atoms with E-state index >= 15 is 0 Å². The predicted octanol–water partition coefficient (Wildman–Crippen LogP) is 3.32. The summed E-state index contributed by atoms with van der Waals surface area (Å²) < 4.78 is 6.88. The van der Waals surface area contributed by atoms with Crippen LogP contribution in [0.5, 0.6) is 0 Å². The van der Waals surface area contributed by atoms with Crippen LogP contribution in [0.1, 0.15) is 34.8 Å². The normalized spacial score (nSPS) is 16.5. The number of anilines is 1. The zero-order chi connectivity index (χ0) is 19.7. The summed E-state index contributed by atoms with van der Waals surface area (Å²) in [6.07, 6.45) is 2.61. The van der Waals surface area contributed by atoms with Crippen molar-refractivity contribution in [3.63, 3.8) is 0 Å². The van der Waals surface area contributed by atoms with Crippen molar-refractivity contribution in [2.45, 2.75) is 25.8 Å². The quantitative estimate of drug-likeness (QED) is 0.680. The molecule has 28 heavy (non-hydrogen) atoms. The summed E-state index contributed by atoms with van der Waals surface area (Å²) >= 11 is 1.24. The fourth-order valence-electron chi connectivity index (χ4n) is 3.61. The Balaban J connectivity index is 1.50. The van der Waals surface area contributed by atoms with Gasteiger partial charge in [0.1, 0.15) is 16.2 Å². The molecule has 0 unspecified atom stereocenters. The third kappa shape index (κ3) is 3.22. The van der Waals surface area contributed by atoms with Crippen LogP contribution in [-0.4, -0.2) is 51.6 Å². The van der Waals surface area contributed by atoms with E-state index in [0.717, 1.165) is 30.0 Å². The third-order valence-electron chi connectivity index (χ3n) is 4.97. The lowest BCUT2D eigenvalue weighted by molar-refractivity contribution is 0.0607. The Morgan fingerprint density at radius 1 is 1.39 bits per heavy atom. The zero-order valence-electron chi connectivity index (χ0n) is 15.7. The summed E-state index contributed by atoms with van der Waals surface area (Å²) in [5.74, 6) is 0.675. The van der Waals surface area contributed by atoms with E-state index in [2.05, 4.69) is 21.8 Å². The lowest BCUT2D eigenvalue weighted by Crippen LogP contribution is -2.33. The van der Waals surface area contributed by atoms with Gasteiger partial charge in [-0.3, -0.25) is 0 Å². The first-order chi connectivity index (χ1) is 13.6. The Hall–Kier alpha value is -2.94. The molecule has 1 aliphatic rings. The standard InChI is InChI=1S/C19H21N5O3S/c1-3-24-16(21-14-5-4-8-20-17(14)24)12-6-9-23(11-12)19(26)22-13-7-10-28-15(13)18(25)27-2/h4-5,7-8,10,12H,3,6,9,11H2,1-2H3,(H,22,26)/t12-/m1/s1. The second-order valence-electron chi connectivity index (χ2n) is 6.58. The summed E-state index contributed by atoms with van der Waals surface area (Å²) in [7, 11) is 1.33. The van der Waals surface area contributed by atoms with Gasteiger partial charge in [-0.15, -0.1) is 11.3 Å². The predicted molar refractivity (Wildman–Crippen MR) is 107 cm³/mol. The van der Waals surface area contributed by atoms with Gasteiger partial charge in [-0.1, -0.05) is 0 Å². The Morgan fingerprint density at radius 3 is 3.04 bits per heavy atom. The molecule has 1 atom stereocenters. The molecule has 1 saturated heterocycles. The summed E-state index contributed by atoms with van der Waals surface area (Å²) in [6, 6.07) is 5.34. The number of aromatic nitrogens is 3. The van der Waals surface area contributed by atoms with Crippen LogP contribution >= 0.6 is 11.3 Å². The fourth-order valence-corrected chi connectivity index (χ4v) is 4.37. The highest BCUT2D eigenvalue weighted by Crippen LogP contribution is 2.30. The molecular formula is C19H21N5O3S. The van der Waals surface area contributed by atoms with Gasteiger partial charge < -0.3 is 19.5 Å². The molecule has 0 saturated carbocycles. The highest BCUT2D eigenvalue weighted by atomic mass is 32.1. The zero-order valence-corrected chi connectivity index (χ0v) is 16.5. The third-order valence-corrected chi connectivity index (χ3v) is 5.86. The van der Waals surface area contributed by atoms with Crippen molar-refractivity contribution in [3.8, 4) is 0 Å². The number of imidazole rings is 1. The number of urea groups is 1. The minimum atomic E-state index is -0.450. The lowest BCUT2D eigenvalue weighted by atomic mass is 10.1. The van der Waals surface area contributed by atoms with Crippen molar-refractivity contribution >= 4 is 40.2 Å². The number of nitrogens with zero attached hydrogens (tertiary/aromatic N) is 4. The molecule has 0 radical (unpaired) electrons. The van der Waals surface area contributed by atoms with Crippen LogP contribution in [0.2, 0.25) is 0 Å². The lowest BCUT2D eigenvalue weighted by Gasteiger charge is -2.17. The number of hydrogen-bond donors (Lipinski definition) is 1. The van der Waals surface area contributed by atoms with Crippen molar-refractivity contribution in [1.82, 2.24) is 19.4 Å². The van der Waals surface area contributed by atoms with Crippen LogP contribution in [0.15, 0.2) is 29.8 Å². The van der Waals surface area contributed by atoms with Gasteiger partial charge in [-0.05, 0) is 36.9 Å². The second-order valence-corrected chi connectivity index (χ2v) is 7.49. The average molecular weight is 399 g/mol.